The molecule has 0 saturated heterocycles. The fourth-order valence-electron chi connectivity index (χ4n) is 2.47. The Hall–Kier alpha value is -1.58. The van der Waals surface area contributed by atoms with E-state index in [0.29, 0.717) is 24.4 Å². The van der Waals surface area contributed by atoms with Crippen molar-refractivity contribution in [1.82, 2.24) is 0 Å². The van der Waals surface area contributed by atoms with Crippen molar-refractivity contribution >= 4 is 11.9 Å². The molecule has 0 saturated carbocycles. The maximum absolute atomic E-state index is 11.5. The Bertz CT molecular complexity index is 454. The Kier molecular flexibility index (Phi) is 10.5. The van der Waals surface area contributed by atoms with E-state index in [-0.39, 0.29) is 22.8 Å². The van der Waals surface area contributed by atoms with Crippen molar-refractivity contribution in [3.05, 3.63) is 24.3 Å². The molecule has 0 atom stereocenters. The summed E-state index contributed by atoms with van der Waals surface area (Å²) in [5.41, 5.74) is 0.858. The van der Waals surface area contributed by atoms with E-state index in [9.17, 15) is 9.59 Å². The Morgan fingerprint density at radius 1 is 0.692 bits per heavy atom. The monoisotopic (exact) mass is 366 g/mol. The number of unbranched alkanes of at least 4 members (excludes halogenated alkanes) is 3. The molecule has 0 aliphatic carbocycles. The number of rotatable bonds is 13. The normalized spacial score (nSPS) is 11.8. The van der Waals surface area contributed by atoms with Crippen molar-refractivity contribution < 1.29 is 19.1 Å². The topological polar surface area (TPSA) is 52.6 Å². The van der Waals surface area contributed by atoms with Crippen LogP contribution >= 0.6 is 0 Å². The van der Waals surface area contributed by atoms with Gasteiger partial charge >= 0.3 is 11.9 Å². The van der Waals surface area contributed by atoms with Crippen LogP contribution in [0.1, 0.15) is 80.1 Å². The second-order valence-corrected chi connectivity index (χ2v) is 8.96. The van der Waals surface area contributed by atoms with Gasteiger partial charge in [0.25, 0.3) is 0 Å². The molecule has 0 aliphatic heterocycles. The Labute approximate surface area is 160 Å². The molecule has 0 bridgehead atoms. The molecule has 0 aliphatic rings. The van der Waals surface area contributed by atoms with Crippen LogP contribution in [-0.2, 0) is 19.1 Å². The maximum Gasteiger partial charge on any atom is 0.333 e. The Balaban J connectivity index is 3.91. The lowest BCUT2D eigenvalue weighted by atomic mass is 9.86. The number of esters is 2. The summed E-state index contributed by atoms with van der Waals surface area (Å²) < 4.78 is 10.5. The van der Waals surface area contributed by atoms with Gasteiger partial charge in [-0.3, -0.25) is 0 Å². The number of carbonyl (C=O) groups is 2. The largest absolute Gasteiger partial charge is 0.462 e. The number of ether oxygens (including phenoxy) is 2. The maximum atomic E-state index is 11.5. The van der Waals surface area contributed by atoms with E-state index in [0.717, 1.165) is 38.5 Å². The average molecular weight is 367 g/mol. The van der Waals surface area contributed by atoms with Gasteiger partial charge in [-0.15, -0.1) is 0 Å². The van der Waals surface area contributed by atoms with Crippen LogP contribution in [0.25, 0.3) is 0 Å². The van der Waals surface area contributed by atoms with Gasteiger partial charge in [0.2, 0.25) is 0 Å². The van der Waals surface area contributed by atoms with Crippen molar-refractivity contribution in [2.75, 3.05) is 13.2 Å². The van der Waals surface area contributed by atoms with Gasteiger partial charge in [0.15, 0.2) is 0 Å². The summed E-state index contributed by atoms with van der Waals surface area (Å²) in [4.78, 5) is 22.9. The van der Waals surface area contributed by atoms with Crippen LogP contribution in [0, 0.1) is 10.8 Å². The fourth-order valence-corrected chi connectivity index (χ4v) is 2.47. The zero-order valence-corrected chi connectivity index (χ0v) is 17.7. The van der Waals surface area contributed by atoms with E-state index in [1.807, 2.05) is 0 Å². The van der Waals surface area contributed by atoms with Crippen LogP contribution in [0.4, 0.5) is 0 Å². The van der Waals surface area contributed by atoms with E-state index in [2.05, 4.69) is 40.9 Å². The van der Waals surface area contributed by atoms with Gasteiger partial charge in [0.1, 0.15) is 0 Å². The first-order valence-corrected chi connectivity index (χ1v) is 9.52. The lowest BCUT2D eigenvalue weighted by Gasteiger charge is -2.25. The Morgan fingerprint density at radius 3 is 1.27 bits per heavy atom. The summed E-state index contributed by atoms with van der Waals surface area (Å²) >= 11 is 0. The smallest absolute Gasteiger partial charge is 0.333 e. The number of carbonyl (C=O) groups excluding carboxylic acids is 2. The Morgan fingerprint density at radius 2 is 1.00 bits per heavy atom. The summed E-state index contributed by atoms with van der Waals surface area (Å²) in [5.74, 6) is -0.625. The zero-order valence-electron chi connectivity index (χ0n) is 17.7. The van der Waals surface area contributed by atoms with E-state index < -0.39 is 0 Å². The van der Waals surface area contributed by atoms with Gasteiger partial charge in [0.05, 0.1) is 13.2 Å². The van der Waals surface area contributed by atoms with E-state index in [1.54, 1.807) is 13.8 Å². The van der Waals surface area contributed by atoms with Crippen molar-refractivity contribution in [2.24, 2.45) is 10.8 Å². The average Bonchev–Trinajstić information content (AvgIpc) is 2.53. The summed E-state index contributed by atoms with van der Waals surface area (Å²) in [7, 11) is 0. The van der Waals surface area contributed by atoms with Crippen molar-refractivity contribution in [2.45, 2.75) is 80.1 Å². The van der Waals surface area contributed by atoms with Gasteiger partial charge in [-0.1, -0.05) is 66.5 Å². The van der Waals surface area contributed by atoms with Crippen LogP contribution in [-0.4, -0.2) is 25.2 Å². The summed E-state index contributed by atoms with van der Waals surface area (Å²) in [6.45, 7) is 19.9. The SMILES string of the molecule is C=C(C)C(=O)OCC(C)(C)CCCCCCC(C)(C)COC(=O)C(=C)C. The predicted octanol–water partition coefficient (Wildman–Crippen LogP) is 5.62. The minimum Gasteiger partial charge on any atom is -0.462 e. The van der Waals surface area contributed by atoms with Crippen molar-refractivity contribution in [3.63, 3.8) is 0 Å². The van der Waals surface area contributed by atoms with Crippen molar-refractivity contribution in [3.8, 4) is 0 Å². The standard InChI is InChI=1S/C22H38O4/c1-17(2)19(23)25-15-21(5,6)13-11-9-10-12-14-22(7,8)16-26-20(24)18(3)4/h1,3,9-16H2,2,4-8H3. The predicted molar refractivity (Wildman–Crippen MR) is 107 cm³/mol. The lowest BCUT2D eigenvalue weighted by Crippen LogP contribution is -2.22. The van der Waals surface area contributed by atoms with Crippen LogP contribution in [0.15, 0.2) is 24.3 Å². The van der Waals surface area contributed by atoms with Gasteiger partial charge in [-0.2, -0.15) is 0 Å². The first-order chi connectivity index (χ1) is 11.9. The quantitative estimate of drug-likeness (QED) is 0.241. The molecule has 0 aromatic rings. The molecule has 0 aromatic carbocycles. The summed E-state index contributed by atoms with van der Waals surface area (Å²) in [5, 5.41) is 0. The van der Waals surface area contributed by atoms with Crippen LogP contribution in [0.2, 0.25) is 0 Å². The summed E-state index contributed by atoms with van der Waals surface area (Å²) in [6.07, 6.45) is 6.58. The molecule has 0 N–H and O–H groups in total. The molecule has 0 amide bonds. The minimum atomic E-state index is -0.312. The molecule has 0 radical (unpaired) electrons. The van der Waals surface area contributed by atoms with E-state index in [4.69, 9.17) is 9.47 Å². The molecule has 4 heteroatoms. The molecule has 150 valence electrons. The molecule has 0 unspecified atom stereocenters. The van der Waals surface area contributed by atoms with Gasteiger partial charge in [0, 0.05) is 11.1 Å². The summed E-state index contributed by atoms with van der Waals surface area (Å²) in [6, 6.07) is 0. The van der Waals surface area contributed by atoms with Gasteiger partial charge in [-0.05, 0) is 37.5 Å². The highest BCUT2D eigenvalue weighted by Gasteiger charge is 2.21. The molecule has 0 heterocycles. The molecule has 0 aromatic heterocycles. The highest BCUT2D eigenvalue weighted by Crippen LogP contribution is 2.27. The van der Waals surface area contributed by atoms with E-state index >= 15 is 0 Å². The number of hydrogen-bond acceptors (Lipinski definition) is 4. The highest BCUT2D eigenvalue weighted by molar-refractivity contribution is 5.87. The third-order valence-corrected chi connectivity index (χ3v) is 4.34. The third-order valence-electron chi connectivity index (χ3n) is 4.34. The van der Waals surface area contributed by atoms with E-state index in [1.165, 1.54) is 0 Å². The van der Waals surface area contributed by atoms with Gasteiger partial charge in [-0.25, -0.2) is 9.59 Å². The van der Waals surface area contributed by atoms with Crippen LogP contribution in [0.5, 0.6) is 0 Å². The van der Waals surface area contributed by atoms with Crippen LogP contribution in [0.3, 0.4) is 0 Å². The second kappa shape index (κ2) is 11.2. The first kappa shape index (κ1) is 24.4. The molecule has 0 rings (SSSR count). The van der Waals surface area contributed by atoms with Crippen LogP contribution < -0.4 is 0 Å². The molecule has 0 spiro atoms. The molecule has 0 fully saturated rings. The number of hydrogen-bond donors (Lipinski definition) is 0. The molecular formula is C22H38O4. The van der Waals surface area contributed by atoms with Crippen molar-refractivity contribution in [1.29, 1.82) is 0 Å². The molecule has 4 nitrogen and oxygen atoms in total. The minimum absolute atomic E-state index is 0.0128. The second-order valence-electron chi connectivity index (χ2n) is 8.96. The lowest BCUT2D eigenvalue weighted by molar-refractivity contribution is -0.142. The molecule has 26 heavy (non-hydrogen) atoms. The molecular weight excluding hydrogens is 328 g/mol. The zero-order chi connectivity index (χ0) is 20.4. The third kappa shape index (κ3) is 11.9. The fraction of sp³-hybridized carbons (Fsp3) is 0.727. The highest BCUT2D eigenvalue weighted by atomic mass is 16.5. The first-order valence-electron chi connectivity index (χ1n) is 9.52. The van der Waals surface area contributed by atoms with Gasteiger partial charge < -0.3 is 9.47 Å².